The van der Waals surface area contributed by atoms with Crippen LogP contribution in [0.2, 0.25) is 0 Å². The highest BCUT2D eigenvalue weighted by Crippen LogP contribution is 2.40. The van der Waals surface area contributed by atoms with Crippen LogP contribution < -0.4 is 14.8 Å². The Morgan fingerprint density at radius 1 is 1.33 bits per heavy atom. The van der Waals surface area contributed by atoms with Crippen molar-refractivity contribution in [3.05, 3.63) is 23.8 Å². The lowest BCUT2D eigenvalue weighted by Crippen LogP contribution is -2.43. The number of methoxy groups -OCH3 is 1. The van der Waals surface area contributed by atoms with E-state index >= 15 is 0 Å². The monoisotopic (exact) mass is 271 g/mol. The van der Waals surface area contributed by atoms with Gasteiger partial charge in [0.15, 0.2) is 11.5 Å². The molecule has 0 amide bonds. The van der Waals surface area contributed by atoms with Crippen molar-refractivity contribution in [3.63, 3.8) is 0 Å². The first-order chi connectivity index (χ1) is 8.40. The van der Waals surface area contributed by atoms with E-state index in [-0.39, 0.29) is 18.5 Å². The molecule has 2 aliphatic rings. The first-order valence-electron chi connectivity index (χ1n) is 6.05. The highest BCUT2D eigenvalue weighted by molar-refractivity contribution is 5.85. The SMILES string of the molecule is COc1cccc2c1OCC[C@@H]1NCCO[C@@H]21.Cl. The van der Waals surface area contributed by atoms with E-state index in [0.717, 1.165) is 36.6 Å². The molecule has 0 bridgehead atoms. The zero-order chi connectivity index (χ0) is 11.7. The summed E-state index contributed by atoms with van der Waals surface area (Å²) < 4.78 is 17.1. The van der Waals surface area contributed by atoms with Crippen LogP contribution in [-0.4, -0.2) is 32.9 Å². The van der Waals surface area contributed by atoms with E-state index in [4.69, 9.17) is 14.2 Å². The summed E-state index contributed by atoms with van der Waals surface area (Å²) in [6.45, 7) is 2.36. The van der Waals surface area contributed by atoms with Crippen molar-refractivity contribution in [1.82, 2.24) is 5.32 Å². The fraction of sp³-hybridized carbons (Fsp3) is 0.538. The number of halogens is 1. The van der Waals surface area contributed by atoms with Crippen LogP contribution in [0.15, 0.2) is 18.2 Å². The molecule has 0 aliphatic carbocycles. The molecule has 0 radical (unpaired) electrons. The average molecular weight is 272 g/mol. The number of ether oxygens (including phenoxy) is 3. The Morgan fingerprint density at radius 3 is 3.06 bits per heavy atom. The highest BCUT2D eigenvalue weighted by atomic mass is 35.5. The van der Waals surface area contributed by atoms with Crippen LogP contribution in [0.3, 0.4) is 0 Å². The molecule has 1 aromatic carbocycles. The van der Waals surface area contributed by atoms with E-state index < -0.39 is 0 Å². The summed E-state index contributed by atoms with van der Waals surface area (Å²) in [7, 11) is 1.67. The maximum Gasteiger partial charge on any atom is 0.166 e. The second-order valence-corrected chi connectivity index (χ2v) is 4.37. The van der Waals surface area contributed by atoms with Gasteiger partial charge in [-0.3, -0.25) is 0 Å². The molecule has 4 nitrogen and oxygen atoms in total. The number of hydrogen-bond acceptors (Lipinski definition) is 4. The van der Waals surface area contributed by atoms with Crippen molar-refractivity contribution in [1.29, 1.82) is 0 Å². The summed E-state index contributed by atoms with van der Waals surface area (Å²) in [5.74, 6) is 1.63. The van der Waals surface area contributed by atoms with E-state index in [1.54, 1.807) is 7.11 Å². The van der Waals surface area contributed by atoms with Gasteiger partial charge in [-0.2, -0.15) is 0 Å². The quantitative estimate of drug-likeness (QED) is 0.847. The van der Waals surface area contributed by atoms with Gasteiger partial charge >= 0.3 is 0 Å². The Balaban J connectivity index is 0.00000120. The van der Waals surface area contributed by atoms with Crippen LogP contribution >= 0.6 is 12.4 Å². The van der Waals surface area contributed by atoms with Crippen molar-refractivity contribution in [2.45, 2.75) is 18.6 Å². The van der Waals surface area contributed by atoms with E-state index in [1.165, 1.54) is 0 Å². The van der Waals surface area contributed by atoms with Gasteiger partial charge < -0.3 is 19.5 Å². The molecule has 1 N–H and O–H groups in total. The molecule has 5 heteroatoms. The van der Waals surface area contributed by atoms with Gasteiger partial charge in [-0.05, 0) is 12.5 Å². The number of rotatable bonds is 1. The van der Waals surface area contributed by atoms with Crippen LogP contribution in [0.4, 0.5) is 0 Å². The lowest BCUT2D eigenvalue weighted by molar-refractivity contribution is -0.00587. The topological polar surface area (TPSA) is 39.7 Å². The molecular weight excluding hydrogens is 254 g/mol. The summed E-state index contributed by atoms with van der Waals surface area (Å²) in [6, 6.07) is 6.32. The predicted octanol–water partition coefficient (Wildman–Crippen LogP) is 1.93. The van der Waals surface area contributed by atoms with Crippen LogP contribution in [0.5, 0.6) is 11.5 Å². The number of para-hydroxylation sites is 1. The average Bonchev–Trinajstić information content (AvgIpc) is 2.58. The van der Waals surface area contributed by atoms with Gasteiger partial charge in [-0.15, -0.1) is 12.4 Å². The Kier molecular flexibility index (Phi) is 4.32. The van der Waals surface area contributed by atoms with Crippen LogP contribution in [0, 0.1) is 0 Å². The number of hydrogen-bond donors (Lipinski definition) is 1. The van der Waals surface area contributed by atoms with Crippen molar-refractivity contribution in [2.75, 3.05) is 26.9 Å². The van der Waals surface area contributed by atoms with Gasteiger partial charge in [-0.1, -0.05) is 12.1 Å². The first-order valence-corrected chi connectivity index (χ1v) is 6.05. The van der Waals surface area contributed by atoms with E-state index in [9.17, 15) is 0 Å². The Morgan fingerprint density at radius 2 is 2.22 bits per heavy atom. The number of nitrogens with one attached hydrogen (secondary N) is 1. The van der Waals surface area contributed by atoms with Crippen molar-refractivity contribution < 1.29 is 14.2 Å². The lowest BCUT2D eigenvalue weighted by atomic mass is 9.98. The molecule has 2 atom stereocenters. The van der Waals surface area contributed by atoms with Gasteiger partial charge in [-0.25, -0.2) is 0 Å². The zero-order valence-electron chi connectivity index (χ0n) is 10.3. The molecule has 1 aromatic rings. The Labute approximate surface area is 113 Å². The summed E-state index contributed by atoms with van der Waals surface area (Å²) in [5.41, 5.74) is 1.10. The van der Waals surface area contributed by atoms with Gasteiger partial charge in [0.25, 0.3) is 0 Å². The van der Waals surface area contributed by atoms with Gasteiger partial charge in [0.2, 0.25) is 0 Å². The maximum atomic E-state index is 5.89. The summed E-state index contributed by atoms with van der Waals surface area (Å²) in [6.07, 6.45) is 1.04. The Bertz CT molecular complexity index is 413. The van der Waals surface area contributed by atoms with E-state index in [1.807, 2.05) is 12.1 Å². The molecule has 0 saturated carbocycles. The highest BCUT2D eigenvalue weighted by Gasteiger charge is 2.32. The molecule has 2 heterocycles. The minimum Gasteiger partial charge on any atom is -0.493 e. The molecule has 2 aliphatic heterocycles. The third-order valence-corrected chi connectivity index (χ3v) is 3.38. The standard InChI is InChI=1S/C13H17NO3.ClH/c1-15-11-4-2-3-9-12-10(14-6-8-17-12)5-7-16-13(9)11;/h2-4,10,12,14H,5-8H2,1H3;1H/t10-,12-;/m0./s1. The normalized spacial score (nSPS) is 25.8. The van der Waals surface area contributed by atoms with Crippen molar-refractivity contribution >= 4 is 12.4 Å². The van der Waals surface area contributed by atoms with E-state index in [2.05, 4.69) is 11.4 Å². The zero-order valence-corrected chi connectivity index (χ0v) is 11.2. The van der Waals surface area contributed by atoms with Crippen LogP contribution in [0.1, 0.15) is 18.1 Å². The lowest BCUT2D eigenvalue weighted by Gasteiger charge is -2.31. The summed E-state index contributed by atoms with van der Waals surface area (Å²) in [5, 5.41) is 3.49. The van der Waals surface area contributed by atoms with Crippen molar-refractivity contribution in [2.24, 2.45) is 0 Å². The molecule has 0 unspecified atom stereocenters. The minimum absolute atomic E-state index is 0. The summed E-state index contributed by atoms with van der Waals surface area (Å²) >= 11 is 0. The number of fused-ring (bicyclic) bond motifs is 3. The Hall–Kier alpha value is -0.970. The molecule has 0 spiro atoms. The largest absolute Gasteiger partial charge is 0.493 e. The molecular formula is C13H18ClNO3. The van der Waals surface area contributed by atoms with Gasteiger partial charge in [0.1, 0.15) is 6.10 Å². The van der Waals surface area contributed by atoms with Crippen LogP contribution in [-0.2, 0) is 4.74 Å². The van der Waals surface area contributed by atoms with Crippen LogP contribution in [0.25, 0.3) is 0 Å². The molecule has 3 rings (SSSR count). The first kappa shape index (κ1) is 13.5. The summed E-state index contributed by atoms with van der Waals surface area (Å²) in [4.78, 5) is 0. The predicted molar refractivity (Wildman–Crippen MR) is 70.8 cm³/mol. The fourth-order valence-corrected chi connectivity index (χ4v) is 2.57. The molecule has 100 valence electrons. The number of morpholine rings is 1. The third-order valence-electron chi connectivity index (χ3n) is 3.38. The second-order valence-electron chi connectivity index (χ2n) is 4.37. The molecule has 1 fully saturated rings. The third kappa shape index (κ3) is 2.28. The molecule has 18 heavy (non-hydrogen) atoms. The molecule has 1 saturated heterocycles. The van der Waals surface area contributed by atoms with Gasteiger partial charge in [0.05, 0.1) is 20.3 Å². The fourth-order valence-electron chi connectivity index (χ4n) is 2.57. The molecule has 0 aromatic heterocycles. The second kappa shape index (κ2) is 5.78. The number of benzene rings is 1. The van der Waals surface area contributed by atoms with Gasteiger partial charge in [0, 0.05) is 18.2 Å². The van der Waals surface area contributed by atoms with Crippen molar-refractivity contribution in [3.8, 4) is 11.5 Å². The smallest absolute Gasteiger partial charge is 0.166 e. The van der Waals surface area contributed by atoms with E-state index in [0.29, 0.717) is 12.6 Å². The maximum absolute atomic E-state index is 5.89. The minimum atomic E-state index is 0.